The first-order valence-corrected chi connectivity index (χ1v) is 7.58. The van der Waals surface area contributed by atoms with E-state index in [1.165, 1.54) is 11.4 Å². The van der Waals surface area contributed by atoms with Crippen LogP contribution in [0.25, 0.3) is 11.3 Å². The minimum absolute atomic E-state index is 0.564. The van der Waals surface area contributed by atoms with Gasteiger partial charge in [0.2, 0.25) is 0 Å². The number of hydrogen-bond donors (Lipinski definition) is 1. The lowest BCUT2D eigenvalue weighted by Gasteiger charge is -2.08. The summed E-state index contributed by atoms with van der Waals surface area (Å²) < 4.78 is 10.6. The normalized spacial score (nSPS) is 18.2. The van der Waals surface area contributed by atoms with Crippen molar-refractivity contribution in [3.8, 4) is 22.8 Å². The zero-order valence-electron chi connectivity index (χ0n) is 11.7. The highest BCUT2D eigenvalue weighted by Gasteiger charge is 2.20. The van der Waals surface area contributed by atoms with Gasteiger partial charge < -0.3 is 14.8 Å². The highest BCUT2D eigenvalue weighted by molar-refractivity contribution is 7.10. The number of nitrogens with one attached hydrogen (secondary N) is 1. The molecule has 0 spiro atoms. The quantitative estimate of drug-likeness (QED) is 0.940. The summed E-state index contributed by atoms with van der Waals surface area (Å²) in [7, 11) is 3.30. The SMILES string of the molecule is COc1ccc(-c2csc(C3CCNC3)n2)cc1OC. The number of ether oxygens (including phenoxy) is 2. The van der Waals surface area contributed by atoms with Crippen molar-refractivity contribution in [2.24, 2.45) is 0 Å². The van der Waals surface area contributed by atoms with Crippen LogP contribution in [0.4, 0.5) is 0 Å². The summed E-state index contributed by atoms with van der Waals surface area (Å²) in [5.74, 6) is 2.04. The van der Waals surface area contributed by atoms with Crippen LogP contribution in [-0.4, -0.2) is 32.3 Å². The van der Waals surface area contributed by atoms with Gasteiger partial charge in [-0.25, -0.2) is 4.98 Å². The van der Waals surface area contributed by atoms with Crippen molar-refractivity contribution < 1.29 is 9.47 Å². The number of nitrogens with zero attached hydrogens (tertiary/aromatic N) is 1. The average Bonchev–Trinajstić information content (AvgIpc) is 3.16. The van der Waals surface area contributed by atoms with Crippen molar-refractivity contribution in [3.63, 3.8) is 0 Å². The van der Waals surface area contributed by atoms with E-state index < -0.39 is 0 Å². The van der Waals surface area contributed by atoms with Crippen molar-refractivity contribution in [2.45, 2.75) is 12.3 Å². The molecule has 106 valence electrons. The molecule has 1 aromatic carbocycles. The first-order valence-electron chi connectivity index (χ1n) is 6.70. The van der Waals surface area contributed by atoms with Gasteiger partial charge in [0, 0.05) is 23.4 Å². The molecule has 4 nitrogen and oxygen atoms in total. The van der Waals surface area contributed by atoms with Gasteiger partial charge in [0.1, 0.15) is 0 Å². The maximum atomic E-state index is 5.35. The van der Waals surface area contributed by atoms with Crippen LogP contribution in [0.2, 0.25) is 0 Å². The minimum atomic E-state index is 0.564. The van der Waals surface area contributed by atoms with E-state index in [0.717, 1.165) is 35.8 Å². The second-order valence-electron chi connectivity index (χ2n) is 4.83. The van der Waals surface area contributed by atoms with Crippen LogP contribution < -0.4 is 14.8 Å². The van der Waals surface area contributed by atoms with Crippen molar-refractivity contribution in [1.29, 1.82) is 0 Å². The summed E-state index contributed by atoms with van der Waals surface area (Å²) in [5, 5.41) is 6.73. The number of hydrogen-bond acceptors (Lipinski definition) is 5. The van der Waals surface area contributed by atoms with Crippen LogP contribution >= 0.6 is 11.3 Å². The largest absolute Gasteiger partial charge is 0.493 e. The van der Waals surface area contributed by atoms with Crippen molar-refractivity contribution in [2.75, 3.05) is 27.3 Å². The molecule has 1 saturated heterocycles. The molecule has 1 unspecified atom stereocenters. The van der Waals surface area contributed by atoms with E-state index >= 15 is 0 Å². The van der Waals surface area contributed by atoms with Gasteiger partial charge in [0.05, 0.1) is 24.9 Å². The highest BCUT2D eigenvalue weighted by atomic mass is 32.1. The lowest BCUT2D eigenvalue weighted by molar-refractivity contribution is 0.355. The Labute approximate surface area is 122 Å². The Hall–Kier alpha value is -1.59. The summed E-state index contributed by atoms with van der Waals surface area (Å²) >= 11 is 1.74. The zero-order valence-corrected chi connectivity index (χ0v) is 12.5. The number of thiazole rings is 1. The molecule has 1 aliphatic rings. The Morgan fingerprint density at radius 2 is 2.10 bits per heavy atom. The predicted molar refractivity (Wildman–Crippen MR) is 80.9 cm³/mol. The highest BCUT2D eigenvalue weighted by Crippen LogP contribution is 2.34. The Bertz CT molecular complexity index is 591. The average molecular weight is 290 g/mol. The Morgan fingerprint density at radius 1 is 1.25 bits per heavy atom. The Balaban J connectivity index is 1.88. The summed E-state index contributed by atoms with van der Waals surface area (Å²) in [5.41, 5.74) is 2.08. The second kappa shape index (κ2) is 5.81. The van der Waals surface area contributed by atoms with E-state index in [1.54, 1.807) is 25.6 Å². The molecule has 20 heavy (non-hydrogen) atoms. The molecule has 0 bridgehead atoms. The molecule has 2 heterocycles. The number of benzene rings is 1. The van der Waals surface area contributed by atoms with Gasteiger partial charge in [0.25, 0.3) is 0 Å². The van der Waals surface area contributed by atoms with Gasteiger partial charge in [-0.15, -0.1) is 11.3 Å². The molecule has 5 heteroatoms. The van der Waals surface area contributed by atoms with Crippen LogP contribution in [0, 0.1) is 0 Å². The number of aromatic nitrogens is 1. The van der Waals surface area contributed by atoms with E-state index in [0.29, 0.717) is 5.92 Å². The predicted octanol–water partition coefficient (Wildman–Crippen LogP) is 2.90. The number of methoxy groups -OCH3 is 2. The van der Waals surface area contributed by atoms with Gasteiger partial charge in [-0.05, 0) is 31.2 Å². The molecule has 0 saturated carbocycles. The molecular formula is C15H18N2O2S. The lowest BCUT2D eigenvalue weighted by atomic mass is 10.1. The molecule has 0 radical (unpaired) electrons. The zero-order chi connectivity index (χ0) is 13.9. The molecule has 1 aliphatic heterocycles. The van der Waals surface area contributed by atoms with Crippen molar-refractivity contribution in [1.82, 2.24) is 10.3 Å². The lowest BCUT2D eigenvalue weighted by Crippen LogP contribution is -2.07. The minimum Gasteiger partial charge on any atom is -0.493 e. The van der Waals surface area contributed by atoms with Gasteiger partial charge >= 0.3 is 0 Å². The topological polar surface area (TPSA) is 43.4 Å². The fourth-order valence-corrected chi connectivity index (χ4v) is 3.43. The van der Waals surface area contributed by atoms with E-state index in [9.17, 15) is 0 Å². The molecule has 0 amide bonds. The molecule has 1 N–H and O–H groups in total. The summed E-state index contributed by atoms with van der Waals surface area (Å²) in [4.78, 5) is 4.78. The smallest absolute Gasteiger partial charge is 0.161 e. The summed E-state index contributed by atoms with van der Waals surface area (Å²) in [6.45, 7) is 2.13. The molecule has 1 fully saturated rings. The fraction of sp³-hybridized carbons (Fsp3) is 0.400. The molecule has 2 aromatic rings. The van der Waals surface area contributed by atoms with Gasteiger partial charge in [-0.2, -0.15) is 0 Å². The van der Waals surface area contributed by atoms with E-state index in [1.807, 2.05) is 18.2 Å². The van der Waals surface area contributed by atoms with Crippen LogP contribution in [0.15, 0.2) is 23.6 Å². The molecule has 0 aliphatic carbocycles. The van der Waals surface area contributed by atoms with E-state index in [-0.39, 0.29) is 0 Å². The standard InChI is InChI=1S/C15H18N2O2S/c1-18-13-4-3-10(7-14(13)19-2)12-9-20-15(17-12)11-5-6-16-8-11/h3-4,7,9,11,16H,5-6,8H2,1-2H3. The third-order valence-corrected chi connectivity index (χ3v) is 4.62. The van der Waals surface area contributed by atoms with Crippen molar-refractivity contribution in [3.05, 3.63) is 28.6 Å². The first-order chi connectivity index (χ1) is 9.81. The van der Waals surface area contributed by atoms with Crippen LogP contribution in [-0.2, 0) is 0 Å². The third-order valence-electron chi connectivity index (χ3n) is 3.61. The van der Waals surface area contributed by atoms with Gasteiger partial charge in [-0.3, -0.25) is 0 Å². The summed E-state index contributed by atoms with van der Waals surface area (Å²) in [6, 6.07) is 5.92. The maximum Gasteiger partial charge on any atom is 0.161 e. The molecule has 1 aromatic heterocycles. The van der Waals surface area contributed by atoms with Gasteiger partial charge in [-0.1, -0.05) is 0 Å². The number of rotatable bonds is 4. The third kappa shape index (κ3) is 2.51. The van der Waals surface area contributed by atoms with Crippen LogP contribution in [0.5, 0.6) is 11.5 Å². The Morgan fingerprint density at radius 3 is 2.80 bits per heavy atom. The Kier molecular flexibility index (Phi) is 3.89. The fourth-order valence-electron chi connectivity index (χ4n) is 2.47. The van der Waals surface area contributed by atoms with Gasteiger partial charge in [0.15, 0.2) is 11.5 Å². The molecule has 3 rings (SSSR count). The first kappa shape index (κ1) is 13.4. The molecule has 1 atom stereocenters. The second-order valence-corrected chi connectivity index (χ2v) is 5.72. The summed E-state index contributed by atoms with van der Waals surface area (Å²) in [6.07, 6.45) is 1.18. The van der Waals surface area contributed by atoms with Crippen molar-refractivity contribution >= 4 is 11.3 Å². The molecular weight excluding hydrogens is 272 g/mol. The maximum absolute atomic E-state index is 5.35. The monoisotopic (exact) mass is 290 g/mol. The van der Waals surface area contributed by atoms with E-state index in [2.05, 4.69) is 10.7 Å². The van der Waals surface area contributed by atoms with Crippen LogP contribution in [0.3, 0.4) is 0 Å². The van der Waals surface area contributed by atoms with E-state index in [4.69, 9.17) is 14.5 Å². The van der Waals surface area contributed by atoms with Crippen LogP contribution in [0.1, 0.15) is 17.3 Å².